The third-order valence-electron chi connectivity index (χ3n) is 2.58. The van der Waals surface area contributed by atoms with E-state index in [9.17, 15) is 9.18 Å². The quantitative estimate of drug-likeness (QED) is 0.346. The second-order valence-corrected chi connectivity index (χ2v) is 4.04. The molecule has 0 bridgehead atoms. The zero-order valence-electron chi connectivity index (χ0n) is 10.6. The van der Waals surface area contributed by atoms with Crippen LogP contribution in [0.25, 0.3) is 0 Å². The number of halogens is 1. The highest BCUT2D eigenvalue weighted by molar-refractivity contribution is 6.08. The molecule has 2 aromatic rings. The highest BCUT2D eigenvalue weighted by Crippen LogP contribution is 2.18. The van der Waals surface area contributed by atoms with Crippen LogP contribution in [-0.2, 0) is 0 Å². The monoisotopic (exact) mass is 277 g/mol. The van der Waals surface area contributed by atoms with Crippen LogP contribution in [-0.4, -0.2) is 17.0 Å². The number of hydrogen-bond donors (Lipinski definition) is 3. The van der Waals surface area contributed by atoms with Gasteiger partial charge in [0.25, 0.3) is 5.91 Å². The normalized spacial score (nSPS) is 11.4. The molecule has 7 heteroatoms. The van der Waals surface area contributed by atoms with Crippen LogP contribution in [0.5, 0.6) is 0 Å². The fourth-order valence-corrected chi connectivity index (χ4v) is 1.63. The third kappa shape index (κ3) is 2.77. The van der Waals surface area contributed by atoms with Crippen LogP contribution < -0.4 is 11.1 Å². The van der Waals surface area contributed by atoms with Crippen molar-refractivity contribution in [3.63, 3.8) is 0 Å². The molecule has 0 radical (unpaired) electrons. The predicted octanol–water partition coefficient (Wildman–Crippen LogP) is 2.07. The van der Waals surface area contributed by atoms with Crippen molar-refractivity contribution < 1.29 is 18.8 Å². The van der Waals surface area contributed by atoms with Gasteiger partial charge in [-0.05, 0) is 37.3 Å². The minimum absolute atomic E-state index is 0.0733. The summed E-state index contributed by atoms with van der Waals surface area (Å²) in [6.45, 7) is 1.70. The average molecular weight is 277 g/mol. The van der Waals surface area contributed by atoms with Crippen LogP contribution in [0.15, 0.2) is 39.9 Å². The molecule has 20 heavy (non-hydrogen) atoms. The van der Waals surface area contributed by atoms with E-state index in [1.807, 2.05) is 0 Å². The Labute approximate surface area is 113 Å². The van der Waals surface area contributed by atoms with E-state index in [-0.39, 0.29) is 22.8 Å². The molecule has 104 valence electrons. The van der Waals surface area contributed by atoms with Gasteiger partial charge in [0.1, 0.15) is 11.6 Å². The first kappa shape index (κ1) is 13.6. The highest BCUT2D eigenvalue weighted by Gasteiger charge is 2.15. The number of amidine groups is 1. The smallest absolute Gasteiger partial charge is 0.291 e. The van der Waals surface area contributed by atoms with E-state index in [0.29, 0.717) is 5.76 Å². The minimum Gasteiger partial charge on any atom is -0.456 e. The molecule has 0 aliphatic carbocycles. The first-order valence-corrected chi connectivity index (χ1v) is 5.66. The Morgan fingerprint density at radius 1 is 1.40 bits per heavy atom. The molecule has 0 fully saturated rings. The van der Waals surface area contributed by atoms with Crippen molar-refractivity contribution in [2.75, 3.05) is 5.32 Å². The van der Waals surface area contributed by atoms with Gasteiger partial charge in [-0.3, -0.25) is 4.79 Å². The Morgan fingerprint density at radius 3 is 2.75 bits per heavy atom. The highest BCUT2D eigenvalue weighted by atomic mass is 19.1. The maximum Gasteiger partial charge on any atom is 0.291 e. The molecular weight excluding hydrogens is 265 g/mol. The summed E-state index contributed by atoms with van der Waals surface area (Å²) in [6, 6.07) is 6.67. The van der Waals surface area contributed by atoms with Crippen molar-refractivity contribution in [1.29, 1.82) is 0 Å². The number of benzene rings is 1. The van der Waals surface area contributed by atoms with Crippen LogP contribution in [0.2, 0.25) is 0 Å². The van der Waals surface area contributed by atoms with Gasteiger partial charge in [0.2, 0.25) is 0 Å². The minimum atomic E-state index is -0.571. The average Bonchev–Trinajstić information content (AvgIpc) is 2.86. The molecule has 0 aliphatic rings. The summed E-state index contributed by atoms with van der Waals surface area (Å²) in [7, 11) is 0. The van der Waals surface area contributed by atoms with E-state index in [1.165, 1.54) is 12.1 Å². The molecule has 0 saturated heterocycles. The molecule has 0 unspecified atom stereocenters. The van der Waals surface area contributed by atoms with Crippen LogP contribution in [0, 0.1) is 12.7 Å². The first-order valence-electron chi connectivity index (χ1n) is 5.66. The molecule has 0 spiro atoms. The standard InChI is InChI=1S/C13H12FN3O3/c1-7-2-5-11(20-7)13(18)16-10-4-3-8(14)6-9(10)12(15)17-19/h2-6,19H,1H3,(H2,15,17)(H,16,18). The molecule has 0 aliphatic heterocycles. The molecule has 2 rings (SSSR count). The summed E-state index contributed by atoms with van der Waals surface area (Å²) in [6.07, 6.45) is 0. The summed E-state index contributed by atoms with van der Waals surface area (Å²) >= 11 is 0. The van der Waals surface area contributed by atoms with Crippen molar-refractivity contribution in [3.05, 3.63) is 53.2 Å². The zero-order chi connectivity index (χ0) is 14.7. The number of aryl methyl sites for hydroxylation is 1. The number of nitrogens with one attached hydrogen (secondary N) is 1. The van der Waals surface area contributed by atoms with Gasteiger partial charge >= 0.3 is 0 Å². The molecular formula is C13H12FN3O3. The number of nitrogens with two attached hydrogens (primary N) is 1. The number of rotatable bonds is 3. The molecule has 0 saturated carbocycles. The van der Waals surface area contributed by atoms with E-state index < -0.39 is 11.7 Å². The number of amides is 1. The zero-order valence-corrected chi connectivity index (χ0v) is 10.6. The van der Waals surface area contributed by atoms with Crippen LogP contribution >= 0.6 is 0 Å². The van der Waals surface area contributed by atoms with Crippen LogP contribution in [0.1, 0.15) is 21.9 Å². The van der Waals surface area contributed by atoms with Gasteiger partial charge in [-0.1, -0.05) is 5.16 Å². The fourth-order valence-electron chi connectivity index (χ4n) is 1.63. The maximum absolute atomic E-state index is 13.2. The summed E-state index contributed by atoms with van der Waals surface area (Å²) in [5.74, 6) is -0.700. The molecule has 1 aromatic heterocycles. The van der Waals surface area contributed by atoms with E-state index >= 15 is 0 Å². The number of carbonyl (C=O) groups excluding carboxylic acids is 1. The lowest BCUT2D eigenvalue weighted by atomic mass is 10.1. The second-order valence-electron chi connectivity index (χ2n) is 4.04. The Bertz CT molecular complexity index is 679. The third-order valence-corrected chi connectivity index (χ3v) is 2.58. The van der Waals surface area contributed by atoms with Crippen molar-refractivity contribution >= 4 is 17.4 Å². The largest absolute Gasteiger partial charge is 0.456 e. The van der Waals surface area contributed by atoms with Gasteiger partial charge in [-0.15, -0.1) is 0 Å². The Kier molecular flexibility index (Phi) is 3.69. The summed E-state index contributed by atoms with van der Waals surface area (Å²) in [4.78, 5) is 11.9. The van der Waals surface area contributed by atoms with Gasteiger partial charge in [0.05, 0.1) is 5.69 Å². The fraction of sp³-hybridized carbons (Fsp3) is 0.0769. The van der Waals surface area contributed by atoms with E-state index in [4.69, 9.17) is 15.4 Å². The van der Waals surface area contributed by atoms with Crippen molar-refractivity contribution in [2.45, 2.75) is 6.92 Å². The topological polar surface area (TPSA) is 101 Å². The van der Waals surface area contributed by atoms with Gasteiger partial charge in [-0.25, -0.2) is 4.39 Å². The number of furan rings is 1. The lowest BCUT2D eigenvalue weighted by Crippen LogP contribution is -2.19. The van der Waals surface area contributed by atoms with E-state index in [0.717, 1.165) is 12.1 Å². The van der Waals surface area contributed by atoms with Gasteiger partial charge in [0.15, 0.2) is 11.6 Å². The molecule has 6 nitrogen and oxygen atoms in total. The lowest BCUT2D eigenvalue weighted by Gasteiger charge is -2.09. The SMILES string of the molecule is Cc1ccc(C(=O)Nc2ccc(F)cc2/C(N)=N/O)o1. The van der Waals surface area contributed by atoms with Crippen molar-refractivity contribution in [3.8, 4) is 0 Å². The number of carbonyl (C=O) groups is 1. The number of anilines is 1. The van der Waals surface area contributed by atoms with E-state index in [2.05, 4.69) is 10.5 Å². The number of oxime groups is 1. The summed E-state index contributed by atoms with van der Waals surface area (Å²) in [5, 5.41) is 14.0. The van der Waals surface area contributed by atoms with Crippen LogP contribution in [0.4, 0.5) is 10.1 Å². The summed E-state index contributed by atoms with van der Waals surface area (Å²) < 4.78 is 18.4. The molecule has 0 atom stereocenters. The molecule has 1 heterocycles. The predicted molar refractivity (Wildman–Crippen MR) is 70.3 cm³/mol. The maximum atomic E-state index is 13.2. The molecule has 1 aromatic carbocycles. The lowest BCUT2D eigenvalue weighted by molar-refractivity contribution is 0.0995. The molecule has 4 N–H and O–H groups in total. The second kappa shape index (κ2) is 5.43. The number of nitrogens with zero attached hydrogens (tertiary/aromatic N) is 1. The Hall–Kier alpha value is -2.83. The number of hydrogen-bond acceptors (Lipinski definition) is 4. The van der Waals surface area contributed by atoms with Crippen molar-refractivity contribution in [2.24, 2.45) is 10.9 Å². The van der Waals surface area contributed by atoms with Crippen LogP contribution in [0.3, 0.4) is 0 Å². The Morgan fingerprint density at radius 2 is 2.15 bits per heavy atom. The van der Waals surface area contributed by atoms with Gasteiger partial charge in [-0.2, -0.15) is 0 Å². The molecule has 1 amide bonds. The van der Waals surface area contributed by atoms with Gasteiger partial charge < -0.3 is 20.7 Å². The summed E-state index contributed by atoms with van der Waals surface area (Å²) in [5.41, 5.74) is 5.72. The first-order chi connectivity index (χ1) is 9.51. The Balaban J connectivity index is 2.32. The van der Waals surface area contributed by atoms with Gasteiger partial charge in [0, 0.05) is 5.56 Å². The van der Waals surface area contributed by atoms with Crippen molar-refractivity contribution in [1.82, 2.24) is 0 Å². The van der Waals surface area contributed by atoms with E-state index in [1.54, 1.807) is 13.0 Å².